The van der Waals surface area contributed by atoms with Crippen LogP contribution in [-0.2, 0) is 12.8 Å². The molecule has 2 aromatic rings. The number of rotatable bonds is 5. The molecule has 0 aromatic heterocycles. The van der Waals surface area contributed by atoms with Crippen LogP contribution in [0.15, 0.2) is 42.5 Å². The van der Waals surface area contributed by atoms with E-state index in [1.165, 1.54) is 23.8 Å². The fraction of sp³-hybridized carbons (Fsp3) is 0.294. The van der Waals surface area contributed by atoms with Gasteiger partial charge in [0.2, 0.25) is 0 Å². The summed E-state index contributed by atoms with van der Waals surface area (Å²) in [5, 5.41) is 0. The molecule has 0 aliphatic heterocycles. The Kier molecular flexibility index (Phi) is 4.85. The molecule has 0 saturated carbocycles. The highest BCUT2D eigenvalue weighted by molar-refractivity contribution is 5.29. The molecular formula is C17H19F2N. The third-order valence-electron chi connectivity index (χ3n) is 3.40. The molecule has 0 spiro atoms. The van der Waals surface area contributed by atoms with Crippen molar-refractivity contribution in [3.8, 4) is 0 Å². The van der Waals surface area contributed by atoms with Crippen molar-refractivity contribution in [1.82, 2.24) is 0 Å². The monoisotopic (exact) mass is 275 g/mol. The van der Waals surface area contributed by atoms with Gasteiger partial charge in [0.1, 0.15) is 11.6 Å². The average molecular weight is 275 g/mol. The minimum absolute atomic E-state index is 0.0564. The van der Waals surface area contributed by atoms with Gasteiger partial charge in [-0.3, -0.25) is 0 Å². The Bertz CT molecular complexity index is 561. The quantitative estimate of drug-likeness (QED) is 0.871. The number of hydrogen-bond acceptors (Lipinski definition) is 1. The predicted octanol–water partition coefficient (Wildman–Crippen LogP) is 4.16. The molecule has 1 unspecified atom stereocenters. The smallest absolute Gasteiger partial charge is 0.129 e. The third-order valence-corrected chi connectivity index (χ3v) is 3.40. The number of nitrogens with two attached hydrogens (primary N) is 1. The van der Waals surface area contributed by atoms with E-state index in [9.17, 15) is 8.78 Å². The summed E-state index contributed by atoms with van der Waals surface area (Å²) >= 11 is 0. The van der Waals surface area contributed by atoms with Crippen LogP contribution in [0.4, 0.5) is 8.78 Å². The van der Waals surface area contributed by atoms with Crippen LogP contribution >= 0.6 is 0 Å². The number of halogens is 2. The molecule has 0 amide bonds. The van der Waals surface area contributed by atoms with Gasteiger partial charge in [-0.15, -0.1) is 0 Å². The van der Waals surface area contributed by atoms with E-state index in [1.807, 2.05) is 24.3 Å². The fourth-order valence-electron chi connectivity index (χ4n) is 2.33. The summed E-state index contributed by atoms with van der Waals surface area (Å²) in [7, 11) is 0. The van der Waals surface area contributed by atoms with Crippen LogP contribution in [0.1, 0.15) is 36.1 Å². The molecule has 20 heavy (non-hydrogen) atoms. The molecule has 0 saturated heterocycles. The van der Waals surface area contributed by atoms with Gasteiger partial charge in [-0.25, -0.2) is 8.78 Å². The maximum absolute atomic E-state index is 13.6. The topological polar surface area (TPSA) is 26.0 Å². The van der Waals surface area contributed by atoms with Gasteiger partial charge in [-0.05, 0) is 36.1 Å². The zero-order valence-electron chi connectivity index (χ0n) is 11.6. The summed E-state index contributed by atoms with van der Waals surface area (Å²) in [6, 6.07) is 11.4. The summed E-state index contributed by atoms with van der Waals surface area (Å²) in [6.45, 7) is 2.11. The average Bonchev–Trinajstić information content (AvgIpc) is 2.43. The van der Waals surface area contributed by atoms with Crippen molar-refractivity contribution < 1.29 is 8.78 Å². The Labute approximate surface area is 118 Å². The molecule has 0 aliphatic rings. The molecule has 3 heteroatoms. The molecule has 1 nitrogen and oxygen atoms in total. The first-order valence-corrected chi connectivity index (χ1v) is 6.89. The molecule has 1 atom stereocenters. The molecule has 2 aromatic carbocycles. The third kappa shape index (κ3) is 3.42. The SMILES string of the molecule is CCCc1cccc(C(N)Cc2c(F)cccc2F)c1. The van der Waals surface area contributed by atoms with Gasteiger partial charge in [0.25, 0.3) is 0 Å². The zero-order chi connectivity index (χ0) is 14.5. The standard InChI is InChI=1S/C17H19F2N/c1-2-5-12-6-3-7-13(10-12)17(20)11-14-15(18)8-4-9-16(14)19/h3-4,6-10,17H,2,5,11,20H2,1H3. The van der Waals surface area contributed by atoms with Crippen LogP contribution in [0.5, 0.6) is 0 Å². The van der Waals surface area contributed by atoms with Gasteiger partial charge in [0, 0.05) is 11.6 Å². The van der Waals surface area contributed by atoms with E-state index in [2.05, 4.69) is 6.92 Å². The molecule has 106 valence electrons. The molecule has 0 bridgehead atoms. The predicted molar refractivity (Wildman–Crippen MR) is 77.4 cm³/mol. The minimum Gasteiger partial charge on any atom is -0.324 e. The second kappa shape index (κ2) is 6.62. The Morgan fingerprint density at radius 1 is 1.05 bits per heavy atom. The summed E-state index contributed by atoms with van der Waals surface area (Å²) < 4.78 is 27.3. The lowest BCUT2D eigenvalue weighted by Gasteiger charge is -2.14. The Hall–Kier alpha value is -1.74. The maximum atomic E-state index is 13.6. The number of benzene rings is 2. The van der Waals surface area contributed by atoms with Crippen molar-refractivity contribution in [3.05, 3.63) is 70.8 Å². The van der Waals surface area contributed by atoms with Crippen molar-refractivity contribution >= 4 is 0 Å². The Morgan fingerprint density at radius 2 is 1.70 bits per heavy atom. The maximum Gasteiger partial charge on any atom is 0.129 e. The van der Waals surface area contributed by atoms with Crippen molar-refractivity contribution in [1.29, 1.82) is 0 Å². The van der Waals surface area contributed by atoms with Crippen molar-refractivity contribution in [2.24, 2.45) is 5.73 Å². The largest absolute Gasteiger partial charge is 0.324 e. The van der Waals surface area contributed by atoms with Gasteiger partial charge in [0.05, 0.1) is 0 Å². The van der Waals surface area contributed by atoms with Crippen LogP contribution in [0.3, 0.4) is 0 Å². The summed E-state index contributed by atoms with van der Waals surface area (Å²) in [4.78, 5) is 0. The lowest BCUT2D eigenvalue weighted by Crippen LogP contribution is -2.15. The highest BCUT2D eigenvalue weighted by Crippen LogP contribution is 2.21. The van der Waals surface area contributed by atoms with Crippen molar-refractivity contribution in [3.63, 3.8) is 0 Å². The van der Waals surface area contributed by atoms with Gasteiger partial charge >= 0.3 is 0 Å². The molecule has 0 aliphatic carbocycles. The normalized spacial score (nSPS) is 12.4. The molecule has 0 radical (unpaired) electrons. The van der Waals surface area contributed by atoms with Crippen molar-refractivity contribution in [2.45, 2.75) is 32.2 Å². The molecular weight excluding hydrogens is 256 g/mol. The Balaban J connectivity index is 2.19. The Morgan fingerprint density at radius 3 is 2.35 bits per heavy atom. The molecule has 0 heterocycles. The van der Waals surface area contributed by atoms with Gasteiger partial charge < -0.3 is 5.73 Å². The summed E-state index contributed by atoms with van der Waals surface area (Å²) in [5.41, 5.74) is 8.27. The molecule has 2 rings (SSSR count). The first-order chi connectivity index (χ1) is 9.61. The van der Waals surface area contributed by atoms with E-state index in [0.29, 0.717) is 0 Å². The second-order valence-electron chi connectivity index (χ2n) is 5.01. The van der Waals surface area contributed by atoms with E-state index in [0.717, 1.165) is 18.4 Å². The highest BCUT2D eigenvalue weighted by atomic mass is 19.1. The van der Waals surface area contributed by atoms with Crippen LogP contribution in [0.2, 0.25) is 0 Å². The van der Waals surface area contributed by atoms with Crippen LogP contribution in [0, 0.1) is 11.6 Å². The minimum atomic E-state index is -0.537. The molecule has 0 fully saturated rings. The molecule has 2 N–H and O–H groups in total. The van der Waals surface area contributed by atoms with E-state index in [1.54, 1.807) is 0 Å². The summed E-state index contributed by atoms with van der Waals surface area (Å²) in [6.07, 6.45) is 2.20. The lowest BCUT2D eigenvalue weighted by molar-refractivity contribution is 0.539. The van der Waals surface area contributed by atoms with E-state index >= 15 is 0 Å². The first kappa shape index (κ1) is 14.7. The highest BCUT2D eigenvalue weighted by Gasteiger charge is 2.14. The number of hydrogen-bond donors (Lipinski definition) is 1. The summed E-state index contributed by atoms with van der Waals surface area (Å²) in [5.74, 6) is -1.07. The first-order valence-electron chi connectivity index (χ1n) is 6.89. The number of aryl methyl sites for hydroxylation is 1. The lowest BCUT2D eigenvalue weighted by atomic mass is 9.96. The van der Waals surface area contributed by atoms with E-state index in [4.69, 9.17) is 5.73 Å². The van der Waals surface area contributed by atoms with Crippen LogP contribution in [0.25, 0.3) is 0 Å². The van der Waals surface area contributed by atoms with Crippen LogP contribution in [-0.4, -0.2) is 0 Å². The van der Waals surface area contributed by atoms with Gasteiger partial charge in [0.15, 0.2) is 0 Å². The van der Waals surface area contributed by atoms with Gasteiger partial charge in [-0.1, -0.05) is 43.7 Å². The second-order valence-corrected chi connectivity index (χ2v) is 5.01. The van der Waals surface area contributed by atoms with E-state index < -0.39 is 17.7 Å². The van der Waals surface area contributed by atoms with Crippen LogP contribution < -0.4 is 5.73 Å². The van der Waals surface area contributed by atoms with E-state index in [-0.39, 0.29) is 12.0 Å². The zero-order valence-corrected chi connectivity index (χ0v) is 11.6. The fourth-order valence-corrected chi connectivity index (χ4v) is 2.33. The van der Waals surface area contributed by atoms with Crippen molar-refractivity contribution in [2.75, 3.05) is 0 Å². The van der Waals surface area contributed by atoms with Gasteiger partial charge in [-0.2, -0.15) is 0 Å².